The highest BCUT2D eigenvalue weighted by Gasteiger charge is 2.39. The molecule has 0 aromatic rings. The number of nitrogens with zero attached hydrogens (tertiary/aromatic N) is 2. The van der Waals surface area contributed by atoms with Crippen molar-refractivity contribution in [3.05, 3.63) is 23.2 Å². The maximum absolute atomic E-state index is 12.0. The van der Waals surface area contributed by atoms with Crippen molar-refractivity contribution in [2.75, 3.05) is 13.1 Å². The molecule has 2 aliphatic rings. The second kappa shape index (κ2) is 3.95. The van der Waals surface area contributed by atoms with Crippen LogP contribution in [0.3, 0.4) is 0 Å². The monoisotopic (exact) mass is 226 g/mol. The molecule has 0 N–H and O–H groups in total. The molecule has 82 valence electrons. The predicted octanol–water partition coefficient (Wildman–Crippen LogP) is 1.38. The number of allylic oxidation sites excluding steroid dienone is 1. The van der Waals surface area contributed by atoms with E-state index in [1.165, 1.54) is 6.20 Å². The van der Waals surface area contributed by atoms with Crippen molar-refractivity contribution in [3.8, 4) is 0 Å². The number of hydrogen-bond acceptors (Lipinski definition) is 2. The summed E-state index contributed by atoms with van der Waals surface area (Å²) >= 11 is 0. The molecule has 1 aliphatic heterocycles. The highest BCUT2D eigenvalue weighted by atomic mass is 32.2. The summed E-state index contributed by atoms with van der Waals surface area (Å²) in [5.41, 5.74) is 0.970. The van der Waals surface area contributed by atoms with E-state index in [0.717, 1.165) is 18.4 Å². The van der Waals surface area contributed by atoms with Gasteiger partial charge in [0.15, 0.2) is 6.20 Å². The topological polar surface area (TPSA) is 41.7 Å². The average Bonchev–Trinajstić information content (AvgIpc) is 2.62. The minimum Gasteiger partial charge on any atom is -0.246 e. The smallest absolute Gasteiger partial charge is 0.217 e. The van der Waals surface area contributed by atoms with E-state index in [-0.39, 0.29) is 5.25 Å². The van der Waals surface area contributed by atoms with Gasteiger partial charge in [0.05, 0.1) is 11.8 Å². The summed E-state index contributed by atoms with van der Waals surface area (Å²) in [5.74, 6) is 0. The Kier molecular flexibility index (Phi) is 2.81. The quantitative estimate of drug-likeness (QED) is 0.667. The molecule has 15 heavy (non-hydrogen) atoms. The Hall–Kier alpha value is -0.860. The molecule has 2 rings (SSSR count). The second-order valence-corrected chi connectivity index (χ2v) is 6.31. The van der Waals surface area contributed by atoms with Crippen molar-refractivity contribution in [2.45, 2.75) is 30.9 Å². The largest absolute Gasteiger partial charge is 0.246 e. The van der Waals surface area contributed by atoms with Gasteiger partial charge in [0.25, 0.3) is 0 Å². The van der Waals surface area contributed by atoms with Gasteiger partial charge in [0.2, 0.25) is 10.0 Å². The SMILES string of the molecule is [C-]#[N+]C=C1CC(S(=O)(=O)N2CCCC2)C1. The molecule has 1 aliphatic carbocycles. The van der Waals surface area contributed by atoms with Gasteiger partial charge >= 0.3 is 0 Å². The van der Waals surface area contributed by atoms with Crippen LogP contribution in [0.5, 0.6) is 0 Å². The van der Waals surface area contributed by atoms with E-state index in [0.29, 0.717) is 25.9 Å². The zero-order valence-corrected chi connectivity index (χ0v) is 9.33. The molecule has 0 atom stereocenters. The molecule has 0 aromatic heterocycles. The summed E-state index contributed by atoms with van der Waals surface area (Å²) < 4.78 is 25.6. The number of hydrogen-bond donors (Lipinski definition) is 0. The maximum Gasteiger partial charge on any atom is 0.217 e. The molecule has 2 fully saturated rings. The Labute approximate surface area is 90.4 Å². The Morgan fingerprint density at radius 3 is 2.47 bits per heavy atom. The first-order valence-corrected chi connectivity index (χ1v) is 6.68. The molecular formula is C10H14N2O2S. The summed E-state index contributed by atoms with van der Waals surface area (Å²) in [6, 6.07) is 0. The van der Waals surface area contributed by atoms with E-state index in [1.54, 1.807) is 4.31 Å². The van der Waals surface area contributed by atoms with Crippen molar-refractivity contribution in [1.82, 2.24) is 4.31 Å². The molecule has 5 heteroatoms. The molecule has 1 heterocycles. The summed E-state index contributed by atoms with van der Waals surface area (Å²) in [6.07, 6.45) is 4.53. The third kappa shape index (κ3) is 1.92. The fraction of sp³-hybridized carbons (Fsp3) is 0.700. The first kappa shape index (κ1) is 10.7. The van der Waals surface area contributed by atoms with E-state index in [1.807, 2.05) is 0 Å². The molecule has 1 saturated carbocycles. The van der Waals surface area contributed by atoms with Crippen molar-refractivity contribution in [1.29, 1.82) is 0 Å². The highest BCUT2D eigenvalue weighted by molar-refractivity contribution is 7.89. The van der Waals surface area contributed by atoms with Crippen LogP contribution in [0.25, 0.3) is 4.85 Å². The van der Waals surface area contributed by atoms with Gasteiger partial charge in [0.1, 0.15) is 0 Å². The summed E-state index contributed by atoms with van der Waals surface area (Å²) in [6.45, 7) is 8.01. The van der Waals surface area contributed by atoms with Gasteiger partial charge in [-0.15, -0.1) is 0 Å². The van der Waals surface area contributed by atoms with Gasteiger partial charge in [-0.2, -0.15) is 0 Å². The summed E-state index contributed by atoms with van der Waals surface area (Å²) in [7, 11) is -3.06. The Morgan fingerprint density at radius 1 is 1.33 bits per heavy atom. The Bertz CT molecular complexity index is 405. The molecule has 0 bridgehead atoms. The number of sulfonamides is 1. The zero-order valence-electron chi connectivity index (χ0n) is 8.52. The Balaban J connectivity index is 2.01. The lowest BCUT2D eigenvalue weighted by Crippen LogP contribution is -2.41. The van der Waals surface area contributed by atoms with Crippen molar-refractivity contribution in [2.24, 2.45) is 0 Å². The predicted molar refractivity (Wildman–Crippen MR) is 57.4 cm³/mol. The van der Waals surface area contributed by atoms with Crippen LogP contribution in [0.4, 0.5) is 0 Å². The molecular weight excluding hydrogens is 212 g/mol. The number of rotatable bonds is 2. The standard InChI is InChI=1S/C10H14N2O2S/c1-11-8-9-6-10(7-9)15(13,14)12-4-2-3-5-12/h8,10H,2-7H2. The fourth-order valence-corrected chi connectivity index (χ4v) is 4.12. The first-order valence-electron chi connectivity index (χ1n) is 5.18. The summed E-state index contributed by atoms with van der Waals surface area (Å²) in [4.78, 5) is 3.15. The van der Waals surface area contributed by atoms with Crippen LogP contribution < -0.4 is 0 Å². The molecule has 4 nitrogen and oxygen atoms in total. The lowest BCUT2D eigenvalue weighted by atomic mass is 9.93. The van der Waals surface area contributed by atoms with Crippen LogP contribution in [0.2, 0.25) is 0 Å². The van der Waals surface area contributed by atoms with Crippen molar-refractivity contribution >= 4 is 10.0 Å². The van der Waals surface area contributed by atoms with E-state index in [2.05, 4.69) is 4.85 Å². The van der Waals surface area contributed by atoms with Crippen LogP contribution in [-0.2, 0) is 10.0 Å². The Morgan fingerprint density at radius 2 is 1.93 bits per heavy atom. The molecule has 0 aromatic carbocycles. The minimum absolute atomic E-state index is 0.261. The molecule has 1 saturated heterocycles. The molecule has 0 amide bonds. The van der Waals surface area contributed by atoms with E-state index in [9.17, 15) is 8.42 Å². The second-order valence-electron chi connectivity index (χ2n) is 4.10. The summed E-state index contributed by atoms with van der Waals surface area (Å²) in [5, 5.41) is -0.261. The minimum atomic E-state index is -3.06. The molecule has 0 unspecified atom stereocenters. The fourth-order valence-electron chi connectivity index (χ4n) is 2.09. The maximum atomic E-state index is 12.0. The van der Waals surface area contributed by atoms with Crippen LogP contribution in [-0.4, -0.2) is 31.1 Å². The van der Waals surface area contributed by atoms with Crippen LogP contribution >= 0.6 is 0 Å². The van der Waals surface area contributed by atoms with Gasteiger partial charge in [0, 0.05) is 13.1 Å². The van der Waals surface area contributed by atoms with Gasteiger partial charge in [-0.1, -0.05) is 5.57 Å². The van der Waals surface area contributed by atoms with Gasteiger partial charge < -0.3 is 0 Å². The third-order valence-electron chi connectivity index (χ3n) is 3.07. The van der Waals surface area contributed by atoms with Crippen molar-refractivity contribution < 1.29 is 8.42 Å². The highest BCUT2D eigenvalue weighted by Crippen LogP contribution is 2.35. The lowest BCUT2D eigenvalue weighted by Gasteiger charge is -2.32. The van der Waals surface area contributed by atoms with E-state index >= 15 is 0 Å². The average molecular weight is 226 g/mol. The van der Waals surface area contributed by atoms with Gasteiger partial charge in [-0.3, -0.25) is 0 Å². The van der Waals surface area contributed by atoms with E-state index in [4.69, 9.17) is 6.57 Å². The zero-order chi connectivity index (χ0) is 10.9. The van der Waals surface area contributed by atoms with Crippen LogP contribution in [0.15, 0.2) is 11.8 Å². The van der Waals surface area contributed by atoms with Crippen LogP contribution in [0, 0.1) is 6.57 Å². The van der Waals surface area contributed by atoms with Crippen molar-refractivity contribution in [3.63, 3.8) is 0 Å². The molecule has 0 radical (unpaired) electrons. The first-order chi connectivity index (χ1) is 7.14. The van der Waals surface area contributed by atoms with Gasteiger partial charge in [-0.05, 0) is 25.7 Å². The molecule has 0 spiro atoms. The lowest BCUT2D eigenvalue weighted by molar-refractivity contribution is 0.450. The normalized spacial score (nSPS) is 27.1. The van der Waals surface area contributed by atoms with Gasteiger partial charge in [-0.25, -0.2) is 17.6 Å². The third-order valence-corrected chi connectivity index (χ3v) is 5.33. The van der Waals surface area contributed by atoms with Crippen LogP contribution in [0.1, 0.15) is 25.7 Å². The van der Waals surface area contributed by atoms with E-state index < -0.39 is 10.0 Å².